The number of anilines is 1. The summed E-state index contributed by atoms with van der Waals surface area (Å²) >= 11 is 0. The van der Waals surface area contributed by atoms with Gasteiger partial charge in [0.15, 0.2) is 5.71 Å². The highest BCUT2D eigenvalue weighted by Gasteiger charge is 2.39. The van der Waals surface area contributed by atoms with Crippen molar-refractivity contribution < 1.29 is 14.3 Å². The van der Waals surface area contributed by atoms with Gasteiger partial charge in [-0.25, -0.2) is 4.79 Å². The molecule has 5 nitrogen and oxygen atoms in total. The van der Waals surface area contributed by atoms with Crippen molar-refractivity contribution in [2.24, 2.45) is 11.0 Å². The SMILES string of the molecule is CCOC(=O)C1=NN(c2ccccc2)C(c2ccc(OC)cc2)C1C. The van der Waals surface area contributed by atoms with Gasteiger partial charge in [-0.2, -0.15) is 5.10 Å². The largest absolute Gasteiger partial charge is 0.497 e. The number of ether oxygens (including phenoxy) is 2. The maximum atomic E-state index is 12.3. The first-order chi connectivity index (χ1) is 12.2. The van der Waals surface area contributed by atoms with E-state index in [4.69, 9.17) is 9.47 Å². The molecule has 0 bridgehead atoms. The molecule has 0 aromatic heterocycles. The molecule has 1 heterocycles. The van der Waals surface area contributed by atoms with E-state index in [1.807, 2.05) is 66.5 Å². The van der Waals surface area contributed by atoms with Crippen LogP contribution < -0.4 is 9.75 Å². The van der Waals surface area contributed by atoms with E-state index < -0.39 is 0 Å². The van der Waals surface area contributed by atoms with E-state index in [0.29, 0.717) is 12.3 Å². The summed E-state index contributed by atoms with van der Waals surface area (Å²) in [6, 6.07) is 17.7. The number of carbonyl (C=O) groups is 1. The van der Waals surface area contributed by atoms with E-state index in [2.05, 4.69) is 5.10 Å². The van der Waals surface area contributed by atoms with Crippen LogP contribution >= 0.6 is 0 Å². The molecule has 0 fully saturated rings. The Morgan fingerprint density at radius 3 is 2.40 bits per heavy atom. The Bertz CT molecular complexity index is 756. The second-order valence-electron chi connectivity index (χ2n) is 5.89. The number of benzene rings is 2. The third kappa shape index (κ3) is 3.36. The van der Waals surface area contributed by atoms with Crippen LogP contribution in [-0.4, -0.2) is 25.4 Å². The maximum absolute atomic E-state index is 12.3. The second-order valence-corrected chi connectivity index (χ2v) is 5.89. The quantitative estimate of drug-likeness (QED) is 0.778. The first-order valence-corrected chi connectivity index (χ1v) is 8.39. The van der Waals surface area contributed by atoms with Gasteiger partial charge in [0.2, 0.25) is 0 Å². The van der Waals surface area contributed by atoms with Crippen molar-refractivity contribution in [1.29, 1.82) is 0 Å². The summed E-state index contributed by atoms with van der Waals surface area (Å²) in [6.07, 6.45) is 0. The minimum absolute atomic E-state index is 0.0762. The van der Waals surface area contributed by atoms with Crippen LogP contribution in [0, 0.1) is 5.92 Å². The molecule has 0 radical (unpaired) electrons. The lowest BCUT2D eigenvalue weighted by Crippen LogP contribution is -2.26. The van der Waals surface area contributed by atoms with Crippen LogP contribution in [0.1, 0.15) is 25.5 Å². The van der Waals surface area contributed by atoms with E-state index >= 15 is 0 Å². The van der Waals surface area contributed by atoms with Crippen molar-refractivity contribution in [2.45, 2.75) is 19.9 Å². The Labute approximate surface area is 147 Å². The summed E-state index contributed by atoms with van der Waals surface area (Å²) in [5.74, 6) is 0.354. The zero-order valence-electron chi connectivity index (χ0n) is 14.7. The average Bonchev–Trinajstić information content (AvgIpc) is 3.00. The van der Waals surface area contributed by atoms with Gasteiger partial charge < -0.3 is 9.47 Å². The summed E-state index contributed by atoms with van der Waals surface area (Å²) in [5, 5.41) is 6.50. The van der Waals surface area contributed by atoms with Crippen molar-refractivity contribution in [2.75, 3.05) is 18.7 Å². The maximum Gasteiger partial charge on any atom is 0.354 e. The number of methoxy groups -OCH3 is 1. The molecule has 0 amide bonds. The average molecular weight is 338 g/mol. The Balaban J connectivity index is 2.00. The lowest BCUT2D eigenvalue weighted by molar-refractivity contribution is -0.135. The lowest BCUT2D eigenvalue weighted by atomic mass is 9.91. The van der Waals surface area contributed by atoms with Crippen molar-refractivity contribution in [3.05, 3.63) is 60.2 Å². The van der Waals surface area contributed by atoms with Gasteiger partial charge in [0.25, 0.3) is 0 Å². The van der Waals surface area contributed by atoms with Crippen LogP contribution in [0.3, 0.4) is 0 Å². The molecule has 0 saturated heterocycles. The molecule has 130 valence electrons. The van der Waals surface area contributed by atoms with Crippen molar-refractivity contribution in [1.82, 2.24) is 0 Å². The molecule has 0 saturated carbocycles. The molecule has 1 aliphatic rings. The third-order valence-corrected chi connectivity index (χ3v) is 4.35. The normalized spacial score (nSPS) is 19.5. The van der Waals surface area contributed by atoms with Gasteiger partial charge in [-0.3, -0.25) is 5.01 Å². The van der Waals surface area contributed by atoms with E-state index in [9.17, 15) is 4.79 Å². The molecule has 0 aliphatic carbocycles. The first kappa shape index (κ1) is 17.0. The van der Waals surface area contributed by atoms with E-state index in [0.717, 1.165) is 17.0 Å². The van der Waals surface area contributed by atoms with E-state index in [1.54, 1.807) is 14.0 Å². The van der Waals surface area contributed by atoms with Gasteiger partial charge >= 0.3 is 5.97 Å². The Morgan fingerprint density at radius 2 is 1.80 bits per heavy atom. The standard InChI is InChI=1S/C20H22N2O3/c1-4-25-20(23)18-14(2)19(15-10-12-17(24-3)13-11-15)22(21-18)16-8-6-5-7-9-16/h5-14,19H,4H2,1-3H3. The van der Waals surface area contributed by atoms with Crippen molar-refractivity contribution >= 4 is 17.4 Å². The number of hydrogen-bond donors (Lipinski definition) is 0. The summed E-state index contributed by atoms with van der Waals surface area (Å²) in [6.45, 7) is 4.14. The molecule has 5 heteroatoms. The Kier molecular flexibility index (Phi) is 5.03. The highest BCUT2D eigenvalue weighted by molar-refractivity contribution is 6.38. The number of rotatable bonds is 5. The summed E-state index contributed by atoms with van der Waals surface area (Å²) in [4.78, 5) is 12.3. The molecular formula is C20H22N2O3. The van der Waals surface area contributed by atoms with Crippen LogP contribution in [0.4, 0.5) is 5.69 Å². The Morgan fingerprint density at radius 1 is 1.12 bits per heavy atom. The summed E-state index contributed by atoms with van der Waals surface area (Å²) < 4.78 is 10.4. The fourth-order valence-electron chi connectivity index (χ4n) is 3.09. The zero-order chi connectivity index (χ0) is 17.8. The van der Waals surface area contributed by atoms with Gasteiger partial charge in [0.1, 0.15) is 5.75 Å². The summed E-state index contributed by atoms with van der Waals surface area (Å²) in [7, 11) is 1.64. The fraction of sp³-hybridized carbons (Fsp3) is 0.300. The highest BCUT2D eigenvalue weighted by atomic mass is 16.5. The summed E-state index contributed by atoms with van der Waals surface area (Å²) in [5.41, 5.74) is 2.46. The molecule has 2 aromatic carbocycles. The van der Waals surface area contributed by atoms with Gasteiger partial charge in [-0.15, -0.1) is 0 Å². The van der Waals surface area contributed by atoms with Gasteiger partial charge in [-0.1, -0.05) is 37.3 Å². The highest BCUT2D eigenvalue weighted by Crippen LogP contribution is 2.39. The van der Waals surface area contributed by atoms with Crippen molar-refractivity contribution in [3.63, 3.8) is 0 Å². The molecule has 1 aliphatic heterocycles. The molecule has 25 heavy (non-hydrogen) atoms. The molecule has 2 atom stereocenters. The fourth-order valence-corrected chi connectivity index (χ4v) is 3.09. The zero-order valence-corrected chi connectivity index (χ0v) is 14.7. The first-order valence-electron chi connectivity index (χ1n) is 8.39. The number of para-hydroxylation sites is 1. The number of carbonyl (C=O) groups excluding carboxylic acids is 1. The van der Waals surface area contributed by atoms with Gasteiger partial charge in [0.05, 0.1) is 25.4 Å². The predicted molar refractivity (Wildman–Crippen MR) is 97.9 cm³/mol. The van der Waals surface area contributed by atoms with Gasteiger partial charge in [0, 0.05) is 5.92 Å². The second kappa shape index (κ2) is 7.38. The van der Waals surface area contributed by atoms with Crippen LogP contribution in [0.2, 0.25) is 0 Å². The third-order valence-electron chi connectivity index (χ3n) is 4.35. The monoisotopic (exact) mass is 338 g/mol. The van der Waals surface area contributed by atoms with Crippen molar-refractivity contribution in [3.8, 4) is 5.75 Å². The van der Waals surface area contributed by atoms with E-state index in [1.165, 1.54) is 0 Å². The predicted octanol–water partition coefficient (Wildman–Crippen LogP) is 3.81. The van der Waals surface area contributed by atoms with Crippen LogP contribution in [-0.2, 0) is 9.53 Å². The van der Waals surface area contributed by atoms with Crippen LogP contribution in [0.5, 0.6) is 5.75 Å². The molecule has 2 unspecified atom stereocenters. The number of hydrogen-bond acceptors (Lipinski definition) is 5. The molecule has 0 spiro atoms. The van der Waals surface area contributed by atoms with Crippen LogP contribution in [0.25, 0.3) is 0 Å². The molecule has 0 N–H and O–H groups in total. The molecule has 3 rings (SSSR count). The smallest absolute Gasteiger partial charge is 0.354 e. The number of esters is 1. The Hall–Kier alpha value is -2.82. The minimum atomic E-state index is -0.355. The molecular weight excluding hydrogens is 316 g/mol. The van der Waals surface area contributed by atoms with E-state index in [-0.39, 0.29) is 17.9 Å². The number of nitrogens with zero attached hydrogens (tertiary/aromatic N) is 2. The van der Waals surface area contributed by atoms with Crippen LogP contribution in [0.15, 0.2) is 59.7 Å². The number of hydrazone groups is 1. The molecule has 2 aromatic rings. The lowest BCUT2D eigenvalue weighted by Gasteiger charge is -2.27. The minimum Gasteiger partial charge on any atom is -0.497 e. The van der Waals surface area contributed by atoms with Gasteiger partial charge in [-0.05, 0) is 36.8 Å². The topological polar surface area (TPSA) is 51.1 Å².